The molecule has 0 atom stereocenters. The molecule has 702 valence electrons. The van der Waals surface area contributed by atoms with E-state index in [1.165, 1.54) is 132 Å². The van der Waals surface area contributed by atoms with Gasteiger partial charge in [0, 0.05) is 139 Å². The molecule has 0 radical (unpaired) electrons. The maximum Gasteiger partial charge on any atom is 2.00 e. The van der Waals surface area contributed by atoms with Crippen LogP contribution in [0.5, 0.6) is 0 Å². The predicted molar refractivity (Wildman–Crippen MR) is 570 cm³/mol. The van der Waals surface area contributed by atoms with Crippen LogP contribution < -0.4 is 0 Å². The fraction of sp³-hybridized carbons (Fsp3) is 0.400. The molecule has 0 bridgehead atoms. The van der Waals surface area contributed by atoms with Gasteiger partial charge in [-0.15, -0.1) is 0 Å². The van der Waals surface area contributed by atoms with Gasteiger partial charge in [0.05, 0.1) is 88.3 Å². The van der Waals surface area contributed by atoms with Crippen molar-refractivity contribution >= 4 is 153 Å². The number of nitrogens with zero attached hydrogens (tertiary/aromatic N) is 14. The van der Waals surface area contributed by atoms with Gasteiger partial charge in [-0.3, -0.25) is 59.8 Å². The van der Waals surface area contributed by atoms with Gasteiger partial charge in [0.1, 0.15) is 0 Å². The Morgan fingerprint density at radius 3 is 0.390 bits per heavy atom. The summed E-state index contributed by atoms with van der Waals surface area (Å²) in [7, 11) is 0. The molecule has 19 aromatic rings. The standard InChI is InChI=1S/C24H12N6.4C24H32N2.2Ru/c1-5-13-17(25-9-1)18-14(6-2-10-26-18)22-21(13)29-23-15-7-3-11-27-19(15)20-16(24(23)30-22)8-4-12-28-20;4*1-5-9-17-15-25-23-21(19(17)11-7-3)13-14-22-20(12-8-4)18(10-6-2)16-26-24(22)23;;/h1-12H;4*13-16H,5-12H2,1-4H3;;/q;;;;;2*+2. The summed E-state index contributed by atoms with van der Waals surface area (Å²) in [6, 6.07) is 34.3. The van der Waals surface area contributed by atoms with E-state index in [-0.39, 0.29) is 39.0 Å². The zero-order chi connectivity index (χ0) is 93.7. The van der Waals surface area contributed by atoms with E-state index in [4.69, 9.17) is 49.8 Å². The smallest absolute Gasteiger partial charge is 0.254 e. The minimum Gasteiger partial charge on any atom is -0.254 e. The van der Waals surface area contributed by atoms with Gasteiger partial charge in [-0.1, -0.05) is 262 Å². The van der Waals surface area contributed by atoms with Crippen molar-refractivity contribution in [3.05, 3.63) is 260 Å². The Balaban J connectivity index is 0.000000144. The molecule has 0 aliphatic carbocycles. The van der Waals surface area contributed by atoms with E-state index in [1.54, 1.807) is 24.8 Å². The fourth-order valence-electron chi connectivity index (χ4n) is 21.0. The molecule has 0 spiro atoms. The van der Waals surface area contributed by atoms with E-state index in [9.17, 15) is 0 Å². The van der Waals surface area contributed by atoms with Crippen LogP contribution >= 0.6 is 0 Å². The van der Waals surface area contributed by atoms with Crippen LogP contribution in [0.4, 0.5) is 0 Å². The third-order valence-corrected chi connectivity index (χ3v) is 26.9. The molecule has 0 aliphatic heterocycles. The molecule has 13 aromatic heterocycles. The van der Waals surface area contributed by atoms with Gasteiger partial charge in [0.2, 0.25) is 0 Å². The Morgan fingerprint density at radius 2 is 0.265 bits per heavy atom. The maximum absolute atomic E-state index is 5.14. The molecule has 16 heteroatoms. The van der Waals surface area contributed by atoms with E-state index in [0.29, 0.717) is 0 Å². The van der Waals surface area contributed by atoms with E-state index in [1.807, 2.05) is 48.5 Å². The molecule has 0 saturated heterocycles. The minimum absolute atomic E-state index is 0. The van der Waals surface area contributed by atoms with Crippen LogP contribution in [0.3, 0.4) is 0 Å². The van der Waals surface area contributed by atoms with E-state index in [0.717, 1.165) is 315 Å². The molecule has 6 aromatic carbocycles. The van der Waals surface area contributed by atoms with Gasteiger partial charge in [-0.05, 0) is 240 Å². The summed E-state index contributed by atoms with van der Waals surface area (Å²) in [5.74, 6) is 0. The van der Waals surface area contributed by atoms with Crippen molar-refractivity contribution in [1.82, 2.24) is 69.8 Å². The molecular formula is C120H140N14Ru2+4. The first-order chi connectivity index (χ1) is 65.9. The SMILES string of the molecule is CCCc1cnc2c(ccc3c(CCC)c(CCC)cnc32)c1CCC.CCCc1cnc2c(ccc3c(CCC)c(CCC)cnc32)c1CCC.CCCc1cnc2c(ccc3c(CCC)c(CCC)cnc32)c1CCC.CCCc1cnc2c(ccc3c(CCC)c(CCC)cnc32)c1CCC.[Ru+2].[Ru+2].c1cnc2c(c1)c1nc3c4cccnc4c4ncccc4c3nc1c1cccnc12. The van der Waals surface area contributed by atoms with Crippen LogP contribution in [0.15, 0.2) is 171 Å². The minimum atomic E-state index is 0. The summed E-state index contributed by atoms with van der Waals surface area (Å²) in [4.78, 5) is 67.8. The van der Waals surface area contributed by atoms with Gasteiger partial charge in [-0.25, -0.2) is 9.97 Å². The monoisotopic (exact) mass is 1980 g/mol. The Morgan fingerprint density at radius 1 is 0.140 bits per heavy atom. The van der Waals surface area contributed by atoms with Crippen molar-refractivity contribution in [3.63, 3.8) is 0 Å². The van der Waals surface area contributed by atoms with Crippen molar-refractivity contribution < 1.29 is 39.0 Å². The second-order valence-electron chi connectivity index (χ2n) is 36.7. The fourth-order valence-corrected chi connectivity index (χ4v) is 21.0. The molecule has 0 aliphatic rings. The van der Waals surface area contributed by atoms with Gasteiger partial charge < -0.3 is 0 Å². The molecule has 19 rings (SSSR count). The second-order valence-corrected chi connectivity index (χ2v) is 36.7. The maximum atomic E-state index is 5.14. The number of hydrogen-bond acceptors (Lipinski definition) is 14. The molecular weight excluding hydrogens is 1840 g/mol. The molecule has 14 nitrogen and oxygen atoms in total. The molecule has 0 fully saturated rings. The molecule has 13 heterocycles. The van der Waals surface area contributed by atoms with E-state index >= 15 is 0 Å². The second kappa shape index (κ2) is 49.4. The van der Waals surface area contributed by atoms with Crippen molar-refractivity contribution in [3.8, 4) is 0 Å². The van der Waals surface area contributed by atoms with Crippen molar-refractivity contribution in [2.45, 2.75) is 316 Å². The normalized spacial score (nSPS) is 11.5. The summed E-state index contributed by atoms with van der Waals surface area (Å²) in [5.41, 5.74) is 38.5. The van der Waals surface area contributed by atoms with Crippen LogP contribution in [0.25, 0.3) is 153 Å². The molecule has 0 saturated carbocycles. The quantitative estimate of drug-likeness (QED) is 0.0221. The topological polar surface area (TPSA) is 180 Å². The first kappa shape index (κ1) is 102. The Bertz CT molecular complexity index is 6230. The van der Waals surface area contributed by atoms with Crippen LogP contribution in [-0.2, 0) is 142 Å². The average Bonchev–Trinajstić information content (AvgIpc) is 0.716. The van der Waals surface area contributed by atoms with E-state index in [2.05, 4.69) is 229 Å². The van der Waals surface area contributed by atoms with Crippen LogP contribution in [0.1, 0.15) is 303 Å². The zero-order valence-electron chi connectivity index (χ0n) is 83.8. The first-order valence-corrected chi connectivity index (χ1v) is 51.4. The van der Waals surface area contributed by atoms with Gasteiger partial charge in [-0.2, -0.15) is 0 Å². The third kappa shape index (κ3) is 21.4. The number of benzene rings is 6. The summed E-state index contributed by atoms with van der Waals surface area (Å²) < 4.78 is 0. The number of aryl methyl sites for hydroxylation is 16. The largest absolute Gasteiger partial charge is 2.00 e. The van der Waals surface area contributed by atoms with E-state index < -0.39 is 0 Å². The predicted octanol–water partition coefficient (Wildman–Crippen LogP) is 31.3. The molecule has 0 N–H and O–H groups in total. The molecule has 0 amide bonds. The zero-order valence-corrected chi connectivity index (χ0v) is 87.2. The number of rotatable bonds is 32. The third-order valence-electron chi connectivity index (χ3n) is 26.9. The van der Waals surface area contributed by atoms with Crippen molar-refractivity contribution in [1.29, 1.82) is 0 Å². The summed E-state index contributed by atoms with van der Waals surface area (Å²) in [5, 5.41) is 14.2. The van der Waals surface area contributed by atoms with Crippen LogP contribution in [-0.4, -0.2) is 69.8 Å². The van der Waals surface area contributed by atoms with Gasteiger partial charge in [0.15, 0.2) is 0 Å². The summed E-state index contributed by atoms with van der Waals surface area (Å²) in [6.45, 7) is 36.0. The van der Waals surface area contributed by atoms with Crippen molar-refractivity contribution in [2.24, 2.45) is 0 Å². The number of hydrogen-bond donors (Lipinski definition) is 0. The first-order valence-electron chi connectivity index (χ1n) is 51.4. The van der Waals surface area contributed by atoms with Crippen LogP contribution in [0, 0.1) is 0 Å². The van der Waals surface area contributed by atoms with Crippen LogP contribution in [0.2, 0.25) is 0 Å². The molecule has 136 heavy (non-hydrogen) atoms. The summed E-state index contributed by atoms with van der Waals surface area (Å²) in [6.07, 6.45) is 60.5. The summed E-state index contributed by atoms with van der Waals surface area (Å²) >= 11 is 0. The number of pyridine rings is 12. The van der Waals surface area contributed by atoms with Crippen molar-refractivity contribution in [2.75, 3.05) is 0 Å². The van der Waals surface area contributed by atoms with Gasteiger partial charge >= 0.3 is 39.0 Å². The Kier molecular flexibility index (Phi) is 37.2. The average molecular weight is 1980 g/mol. The van der Waals surface area contributed by atoms with Gasteiger partial charge in [0.25, 0.3) is 0 Å². The number of aromatic nitrogens is 14. The Labute approximate surface area is 832 Å². The molecule has 0 unspecified atom stereocenters. The number of fused-ring (bicyclic) bond motifs is 24. The Hall–Kier alpha value is -10.9.